The zero-order valence-electron chi connectivity index (χ0n) is 23.1. The summed E-state index contributed by atoms with van der Waals surface area (Å²) in [5.74, 6) is 0.188. The maximum atomic E-state index is 13.3. The number of carbonyl (C=O) groups is 1. The molecule has 0 atom stereocenters. The number of carbonyl (C=O) groups excluding carboxylic acids is 1. The highest BCUT2D eigenvalue weighted by Gasteiger charge is 2.32. The van der Waals surface area contributed by atoms with Gasteiger partial charge >= 0.3 is 6.18 Å². The van der Waals surface area contributed by atoms with E-state index in [2.05, 4.69) is 9.88 Å². The second-order valence-corrected chi connectivity index (χ2v) is 13.4. The Labute approximate surface area is 243 Å². The molecular weight excluding hydrogens is 563 g/mol. The number of sulfonamides is 1. The molecule has 1 aromatic heterocycles. The molecule has 0 bridgehead atoms. The van der Waals surface area contributed by atoms with Crippen LogP contribution in [0.2, 0.25) is 0 Å². The van der Waals surface area contributed by atoms with E-state index in [1.807, 2.05) is 18.2 Å². The number of pyridine rings is 1. The van der Waals surface area contributed by atoms with Crippen molar-refractivity contribution >= 4 is 21.4 Å². The molecule has 3 aromatic rings. The van der Waals surface area contributed by atoms with Gasteiger partial charge in [-0.15, -0.1) is 0 Å². The summed E-state index contributed by atoms with van der Waals surface area (Å²) >= 11 is 0. The summed E-state index contributed by atoms with van der Waals surface area (Å²) < 4.78 is 66.1. The first-order chi connectivity index (χ1) is 20.1. The molecule has 1 aliphatic carbocycles. The average Bonchev–Trinajstić information content (AvgIpc) is 3.35. The summed E-state index contributed by atoms with van der Waals surface area (Å²) in [6.45, 7) is 2.87. The molecule has 10 heteroatoms. The number of nitrogens with zero attached hydrogens (tertiary/aromatic N) is 3. The second kappa shape index (κ2) is 11.4. The smallest absolute Gasteiger partial charge is 0.294 e. The molecule has 0 N–H and O–H groups in total. The van der Waals surface area contributed by atoms with Gasteiger partial charge in [-0.1, -0.05) is 29.8 Å². The summed E-state index contributed by atoms with van der Waals surface area (Å²) in [6, 6.07) is 14.5. The maximum absolute atomic E-state index is 13.3. The highest BCUT2D eigenvalue weighted by atomic mass is 32.2. The van der Waals surface area contributed by atoms with Crippen LogP contribution in [0.3, 0.4) is 0 Å². The fourth-order valence-corrected chi connectivity index (χ4v) is 7.75. The number of hydrogen-bond donors (Lipinski definition) is 0. The predicted molar refractivity (Wildman–Crippen MR) is 153 cm³/mol. The van der Waals surface area contributed by atoms with Crippen molar-refractivity contribution in [2.75, 3.05) is 26.2 Å². The molecule has 0 amide bonds. The molecule has 0 saturated carbocycles. The van der Waals surface area contributed by atoms with Crippen molar-refractivity contribution in [1.29, 1.82) is 0 Å². The number of hydrogen-bond acceptors (Lipinski definition) is 5. The summed E-state index contributed by atoms with van der Waals surface area (Å²) in [5, 5.41) is 0. The molecule has 0 unspecified atom stereocenters. The SMILES string of the molecule is O=C(CC1CCN(S(=O)(=O)c2cccnc2)CC1)c1ccc2c(c1)C1=C(CCN(Cc3ccc(C(F)(F)F)cc3)C1)C2. The molecule has 0 radical (unpaired) electrons. The van der Waals surface area contributed by atoms with Crippen molar-refractivity contribution in [3.8, 4) is 0 Å². The van der Waals surface area contributed by atoms with Crippen molar-refractivity contribution in [3.63, 3.8) is 0 Å². The van der Waals surface area contributed by atoms with E-state index in [1.54, 1.807) is 30.5 Å². The van der Waals surface area contributed by atoms with Crippen LogP contribution in [-0.2, 0) is 29.2 Å². The standard InChI is InChI=1S/C32H32F3N3O3S/c33-32(34,35)27-7-3-23(4-8-27)20-37-13-11-25-17-24-5-6-26(18-29(24)30(25)21-37)31(39)16-22-9-14-38(15-10-22)42(40,41)28-2-1-12-36-19-28/h1-8,12,18-19,22H,9-11,13-17,20-21H2. The Morgan fingerprint density at radius 3 is 2.45 bits per heavy atom. The fraction of sp³-hybridized carbons (Fsp3) is 0.375. The Morgan fingerprint density at radius 1 is 1.00 bits per heavy atom. The number of Topliss-reactive ketones (excluding diaryl/α,β-unsaturated/α-hetero) is 1. The Hall–Kier alpha value is -3.34. The van der Waals surface area contributed by atoms with E-state index in [9.17, 15) is 26.4 Å². The lowest BCUT2D eigenvalue weighted by molar-refractivity contribution is -0.137. The monoisotopic (exact) mass is 595 g/mol. The first kappa shape index (κ1) is 28.8. The number of aromatic nitrogens is 1. The van der Waals surface area contributed by atoms with Crippen molar-refractivity contribution in [2.45, 2.75) is 49.7 Å². The number of ketones is 1. The third kappa shape index (κ3) is 5.93. The van der Waals surface area contributed by atoms with Gasteiger partial charge in [0.05, 0.1) is 5.56 Å². The number of piperidine rings is 1. The van der Waals surface area contributed by atoms with Gasteiger partial charge in [0, 0.05) is 57.1 Å². The van der Waals surface area contributed by atoms with Crippen LogP contribution in [0.15, 0.2) is 77.5 Å². The number of benzene rings is 2. The van der Waals surface area contributed by atoms with Crippen LogP contribution >= 0.6 is 0 Å². The molecule has 220 valence electrons. The minimum atomic E-state index is -4.34. The average molecular weight is 596 g/mol. The van der Waals surface area contributed by atoms with Crippen LogP contribution < -0.4 is 0 Å². The molecule has 1 fully saturated rings. The van der Waals surface area contributed by atoms with Gasteiger partial charge in [-0.3, -0.25) is 14.7 Å². The summed E-state index contributed by atoms with van der Waals surface area (Å²) in [4.78, 5) is 19.7. The number of fused-ring (bicyclic) bond motifs is 2. The molecule has 6 rings (SSSR count). The van der Waals surface area contributed by atoms with Crippen LogP contribution in [0, 0.1) is 5.92 Å². The molecule has 0 spiro atoms. The molecule has 2 aromatic carbocycles. The van der Waals surface area contributed by atoms with E-state index >= 15 is 0 Å². The van der Waals surface area contributed by atoms with Crippen molar-refractivity contribution in [3.05, 3.63) is 100 Å². The van der Waals surface area contributed by atoms with E-state index in [0.29, 0.717) is 51.0 Å². The van der Waals surface area contributed by atoms with Crippen LogP contribution in [0.25, 0.3) is 5.57 Å². The Bertz CT molecular complexity index is 1610. The van der Waals surface area contributed by atoms with Crippen LogP contribution in [0.1, 0.15) is 58.3 Å². The highest BCUT2D eigenvalue weighted by Crippen LogP contribution is 2.39. The zero-order chi connectivity index (χ0) is 29.5. The van der Waals surface area contributed by atoms with Gasteiger partial charge in [-0.25, -0.2) is 8.42 Å². The lowest BCUT2D eigenvalue weighted by atomic mass is 9.89. The summed E-state index contributed by atoms with van der Waals surface area (Å²) in [7, 11) is -3.59. The van der Waals surface area contributed by atoms with Crippen LogP contribution in [-0.4, -0.2) is 54.6 Å². The molecule has 42 heavy (non-hydrogen) atoms. The quantitative estimate of drug-likeness (QED) is 0.314. The van der Waals surface area contributed by atoms with Gasteiger partial charge in [0.15, 0.2) is 5.78 Å². The van der Waals surface area contributed by atoms with Gasteiger partial charge in [0.2, 0.25) is 10.0 Å². The van der Waals surface area contributed by atoms with E-state index in [4.69, 9.17) is 0 Å². The van der Waals surface area contributed by atoms with Crippen molar-refractivity contribution in [1.82, 2.24) is 14.2 Å². The number of rotatable bonds is 7. The predicted octanol–water partition coefficient (Wildman–Crippen LogP) is 5.99. The molecule has 3 aliphatic rings. The van der Waals surface area contributed by atoms with Gasteiger partial charge in [-0.05, 0) is 84.2 Å². The van der Waals surface area contributed by atoms with Crippen molar-refractivity contribution < 1.29 is 26.4 Å². The lowest BCUT2D eigenvalue weighted by Gasteiger charge is -2.31. The van der Waals surface area contributed by atoms with Gasteiger partial charge < -0.3 is 0 Å². The van der Waals surface area contributed by atoms with Gasteiger partial charge in [0.25, 0.3) is 0 Å². The van der Waals surface area contributed by atoms with Gasteiger partial charge in [0.1, 0.15) is 4.90 Å². The molecule has 2 aliphatic heterocycles. The Morgan fingerprint density at radius 2 is 1.76 bits per heavy atom. The summed E-state index contributed by atoms with van der Waals surface area (Å²) in [6.07, 6.45) is 1.97. The number of halogens is 3. The van der Waals surface area contributed by atoms with E-state index in [-0.39, 0.29) is 16.6 Å². The molecule has 1 saturated heterocycles. The zero-order valence-corrected chi connectivity index (χ0v) is 23.9. The highest BCUT2D eigenvalue weighted by molar-refractivity contribution is 7.89. The molecule has 3 heterocycles. The summed E-state index contributed by atoms with van der Waals surface area (Å²) in [5.41, 5.74) is 5.79. The minimum Gasteiger partial charge on any atom is -0.294 e. The van der Waals surface area contributed by atoms with Gasteiger partial charge in [-0.2, -0.15) is 17.5 Å². The lowest BCUT2D eigenvalue weighted by Crippen LogP contribution is -2.38. The largest absolute Gasteiger partial charge is 0.416 e. The van der Waals surface area contributed by atoms with E-state index < -0.39 is 21.8 Å². The third-order valence-corrected chi connectivity index (χ3v) is 10.6. The van der Waals surface area contributed by atoms with Crippen LogP contribution in [0.4, 0.5) is 13.2 Å². The first-order valence-corrected chi connectivity index (χ1v) is 15.7. The van der Waals surface area contributed by atoms with Crippen molar-refractivity contribution in [2.24, 2.45) is 5.92 Å². The molecular formula is C32H32F3N3O3S. The molecule has 6 nitrogen and oxygen atoms in total. The maximum Gasteiger partial charge on any atom is 0.416 e. The second-order valence-electron chi connectivity index (χ2n) is 11.4. The number of alkyl halides is 3. The Balaban J connectivity index is 1.08. The van der Waals surface area contributed by atoms with Crippen LogP contribution in [0.5, 0.6) is 0 Å². The third-order valence-electron chi connectivity index (χ3n) is 8.71. The van der Waals surface area contributed by atoms with E-state index in [0.717, 1.165) is 42.6 Å². The topological polar surface area (TPSA) is 70.6 Å². The minimum absolute atomic E-state index is 0.0674. The normalized spacial score (nSPS) is 18.6. The Kier molecular flexibility index (Phi) is 7.80. The fourth-order valence-electron chi connectivity index (χ4n) is 6.32. The van der Waals surface area contributed by atoms with E-state index in [1.165, 1.54) is 27.2 Å². The first-order valence-electron chi connectivity index (χ1n) is 14.2.